The van der Waals surface area contributed by atoms with Gasteiger partial charge in [-0.25, -0.2) is 13.2 Å². The van der Waals surface area contributed by atoms with Crippen LogP contribution in [0.5, 0.6) is 11.5 Å². The lowest BCUT2D eigenvalue weighted by molar-refractivity contribution is 0.0589. The highest BCUT2D eigenvalue weighted by atomic mass is 32.2. The highest BCUT2D eigenvalue weighted by Gasteiger charge is 2.22. The molecule has 28 heavy (non-hydrogen) atoms. The van der Waals surface area contributed by atoms with Crippen LogP contribution in [0, 0.1) is 0 Å². The van der Waals surface area contributed by atoms with E-state index in [1.165, 1.54) is 33.5 Å². The van der Waals surface area contributed by atoms with Crippen LogP contribution in [-0.4, -0.2) is 40.9 Å². The fraction of sp³-hybridized carbons (Fsp3) is 0.176. The van der Waals surface area contributed by atoms with Crippen molar-refractivity contribution in [2.75, 3.05) is 26.1 Å². The monoisotopic (exact) mass is 424 g/mol. The molecule has 0 saturated heterocycles. The summed E-state index contributed by atoms with van der Waals surface area (Å²) in [5.41, 5.74) is 0.266. The van der Waals surface area contributed by atoms with Crippen LogP contribution in [0.25, 0.3) is 10.6 Å². The van der Waals surface area contributed by atoms with Crippen LogP contribution < -0.4 is 14.2 Å². The first-order valence-corrected chi connectivity index (χ1v) is 10.1. The molecule has 0 spiro atoms. The second kappa shape index (κ2) is 7.90. The van der Waals surface area contributed by atoms with Gasteiger partial charge in [-0.3, -0.25) is 4.72 Å². The molecule has 3 rings (SSSR count). The van der Waals surface area contributed by atoms with Gasteiger partial charge in [0.1, 0.15) is 15.7 Å². The van der Waals surface area contributed by atoms with Gasteiger partial charge in [0.25, 0.3) is 10.0 Å². The Balaban J connectivity index is 1.86. The van der Waals surface area contributed by atoms with Gasteiger partial charge in [-0.15, -0.1) is 11.3 Å². The Hall–Kier alpha value is -3.05. The fourth-order valence-corrected chi connectivity index (χ4v) is 4.59. The number of anilines is 1. The number of methoxy groups -OCH3 is 3. The predicted molar refractivity (Wildman–Crippen MR) is 102 cm³/mol. The molecule has 0 amide bonds. The summed E-state index contributed by atoms with van der Waals surface area (Å²) in [6.07, 6.45) is 0. The van der Waals surface area contributed by atoms with Crippen LogP contribution in [0.15, 0.2) is 45.1 Å². The first-order chi connectivity index (χ1) is 13.4. The molecule has 9 nitrogen and oxygen atoms in total. The molecule has 0 aliphatic heterocycles. The van der Waals surface area contributed by atoms with Gasteiger partial charge in [-0.1, -0.05) is 5.16 Å². The van der Waals surface area contributed by atoms with Gasteiger partial charge in [0.2, 0.25) is 0 Å². The van der Waals surface area contributed by atoms with Crippen molar-refractivity contribution in [2.45, 2.75) is 4.21 Å². The molecule has 0 unspecified atom stereocenters. The molecule has 1 aromatic carbocycles. The summed E-state index contributed by atoms with van der Waals surface area (Å²) in [7, 11) is 0.285. The van der Waals surface area contributed by atoms with Crippen molar-refractivity contribution >= 4 is 33.0 Å². The summed E-state index contributed by atoms with van der Waals surface area (Å²) in [6.45, 7) is 0. The lowest BCUT2D eigenvalue weighted by atomic mass is 10.3. The second-order valence-corrected chi connectivity index (χ2v) is 8.35. The number of carbonyl (C=O) groups excluding carboxylic acids is 1. The van der Waals surface area contributed by atoms with Crippen LogP contribution in [0.2, 0.25) is 0 Å². The van der Waals surface area contributed by atoms with Gasteiger partial charge in [0.05, 0.1) is 31.9 Å². The SMILES string of the molecule is COC(=O)c1cc(-c2ccc(S(=O)(=O)Nc3ccc(OC)cc3OC)s2)on1. The Labute approximate surface area is 164 Å². The molecule has 0 fully saturated rings. The molecule has 2 heterocycles. The Morgan fingerprint density at radius 3 is 2.57 bits per heavy atom. The number of rotatable bonds is 7. The standard InChI is InChI=1S/C17H16N2O7S2/c1-23-10-4-5-11(13(8-10)24-2)19-28(21,22)16-7-6-15(27-16)14-9-12(18-26-14)17(20)25-3/h4-9,19H,1-3H3. The van der Waals surface area contributed by atoms with Crippen LogP contribution in [0.3, 0.4) is 0 Å². The number of ether oxygens (including phenoxy) is 3. The summed E-state index contributed by atoms with van der Waals surface area (Å²) >= 11 is 0.964. The highest BCUT2D eigenvalue weighted by Crippen LogP contribution is 2.35. The predicted octanol–water partition coefficient (Wildman–Crippen LogP) is 3.01. The van der Waals surface area contributed by atoms with Crippen LogP contribution in [0.4, 0.5) is 5.69 Å². The third kappa shape index (κ3) is 3.94. The van der Waals surface area contributed by atoms with E-state index in [9.17, 15) is 13.2 Å². The summed E-state index contributed by atoms with van der Waals surface area (Å²) in [6, 6.07) is 9.10. The van der Waals surface area contributed by atoms with E-state index in [4.69, 9.17) is 14.0 Å². The smallest absolute Gasteiger partial charge is 0.360 e. The average Bonchev–Trinajstić information content (AvgIpc) is 3.37. The minimum absolute atomic E-state index is 0.00333. The van der Waals surface area contributed by atoms with Gasteiger partial charge >= 0.3 is 5.97 Å². The van der Waals surface area contributed by atoms with E-state index in [0.29, 0.717) is 16.4 Å². The number of benzene rings is 1. The number of aromatic nitrogens is 1. The quantitative estimate of drug-likeness (QED) is 0.575. The number of nitrogens with one attached hydrogen (secondary N) is 1. The van der Waals surface area contributed by atoms with Gasteiger partial charge in [0, 0.05) is 12.1 Å². The Kier molecular flexibility index (Phi) is 5.56. The van der Waals surface area contributed by atoms with E-state index in [0.717, 1.165) is 11.3 Å². The molecular formula is C17H16N2O7S2. The largest absolute Gasteiger partial charge is 0.497 e. The molecule has 2 aromatic heterocycles. The molecule has 1 N–H and O–H groups in total. The van der Waals surface area contributed by atoms with E-state index in [1.54, 1.807) is 24.3 Å². The minimum Gasteiger partial charge on any atom is -0.497 e. The maximum Gasteiger partial charge on any atom is 0.360 e. The first kappa shape index (κ1) is 19.7. The van der Waals surface area contributed by atoms with E-state index in [1.807, 2.05) is 0 Å². The molecule has 0 bridgehead atoms. The van der Waals surface area contributed by atoms with E-state index >= 15 is 0 Å². The summed E-state index contributed by atoms with van der Waals surface area (Å²) in [5.74, 6) is 0.462. The normalized spacial score (nSPS) is 11.1. The number of hydrogen-bond donors (Lipinski definition) is 1. The average molecular weight is 424 g/mol. The van der Waals surface area contributed by atoms with Gasteiger partial charge < -0.3 is 18.7 Å². The van der Waals surface area contributed by atoms with Crippen molar-refractivity contribution in [3.05, 3.63) is 42.1 Å². The third-order valence-electron chi connectivity index (χ3n) is 3.65. The second-order valence-electron chi connectivity index (χ2n) is 5.36. The zero-order valence-electron chi connectivity index (χ0n) is 15.1. The zero-order chi connectivity index (χ0) is 20.3. The van der Waals surface area contributed by atoms with Crippen molar-refractivity contribution in [3.63, 3.8) is 0 Å². The lowest BCUT2D eigenvalue weighted by Gasteiger charge is -2.12. The maximum absolute atomic E-state index is 12.7. The summed E-state index contributed by atoms with van der Waals surface area (Å²) in [4.78, 5) is 12.0. The van der Waals surface area contributed by atoms with Gasteiger partial charge in [-0.2, -0.15) is 0 Å². The number of esters is 1. The molecule has 11 heteroatoms. The van der Waals surface area contributed by atoms with E-state index in [2.05, 4.69) is 14.6 Å². The molecule has 148 valence electrons. The number of carbonyl (C=O) groups is 1. The molecule has 0 aliphatic carbocycles. The first-order valence-electron chi connectivity index (χ1n) is 7.78. The molecule has 0 aliphatic rings. The maximum atomic E-state index is 12.7. The van der Waals surface area contributed by atoms with Crippen molar-refractivity contribution in [1.82, 2.24) is 5.16 Å². The van der Waals surface area contributed by atoms with Crippen molar-refractivity contribution in [3.8, 4) is 22.1 Å². The number of hydrogen-bond acceptors (Lipinski definition) is 9. The number of nitrogens with zero attached hydrogens (tertiary/aromatic N) is 1. The number of sulfonamides is 1. The highest BCUT2D eigenvalue weighted by molar-refractivity contribution is 7.94. The molecule has 0 radical (unpaired) electrons. The van der Waals surface area contributed by atoms with Crippen molar-refractivity contribution in [2.24, 2.45) is 0 Å². The molecule has 0 atom stereocenters. The van der Waals surface area contributed by atoms with Crippen LogP contribution in [-0.2, 0) is 14.8 Å². The summed E-state index contributed by atoms with van der Waals surface area (Å²) in [5, 5.41) is 3.61. The Morgan fingerprint density at radius 1 is 1.11 bits per heavy atom. The van der Waals surface area contributed by atoms with Gasteiger partial charge in [0.15, 0.2) is 11.5 Å². The Morgan fingerprint density at radius 2 is 1.89 bits per heavy atom. The fourth-order valence-electron chi connectivity index (χ4n) is 2.27. The van der Waals surface area contributed by atoms with Crippen LogP contribution >= 0.6 is 11.3 Å². The van der Waals surface area contributed by atoms with Crippen LogP contribution in [0.1, 0.15) is 10.5 Å². The lowest BCUT2D eigenvalue weighted by Crippen LogP contribution is -2.12. The third-order valence-corrected chi connectivity index (χ3v) is 6.60. The Bertz CT molecular complexity index is 1100. The number of thiophene rings is 1. The van der Waals surface area contributed by atoms with Crippen molar-refractivity contribution in [1.29, 1.82) is 0 Å². The molecule has 3 aromatic rings. The van der Waals surface area contributed by atoms with Crippen molar-refractivity contribution < 1.29 is 31.9 Å². The summed E-state index contributed by atoms with van der Waals surface area (Å²) < 4.78 is 47.9. The zero-order valence-corrected chi connectivity index (χ0v) is 16.7. The topological polar surface area (TPSA) is 117 Å². The molecule has 0 saturated carbocycles. The molecular weight excluding hydrogens is 408 g/mol. The van der Waals surface area contributed by atoms with Gasteiger partial charge in [-0.05, 0) is 24.3 Å². The minimum atomic E-state index is -3.87. The van der Waals surface area contributed by atoms with E-state index < -0.39 is 16.0 Å². The van der Waals surface area contributed by atoms with E-state index in [-0.39, 0.29) is 21.4 Å².